The Morgan fingerprint density at radius 3 is 2.71 bits per heavy atom. The van der Waals surface area contributed by atoms with Gasteiger partial charge in [-0.1, -0.05) is 19.9 Å². The summed E-state index contributed by atoms with van der Waals surface area (Å²) >= 11 is 0. The first-order valence-electron chi connectivity index (χ1n) is 4.96. The zero-order chi connectivity index (χ0) is 10.6. The van der Waals surface area contributed by atoms with E-state index >= 15 is 0 Å². The quantitative estimate of drug-likeness (QED) is 0.720. The maximum atomic E-state index is 5.81. The Bertz CT molecular complexity index is 329. The molecule has 0 aliphatic carbocycles. The minimum Gasteiger partial charge on any atom is -0.405 e. The molecule has 0 aromatic heterocycles. The van der Waals surface area contributed by atoms with Crippen LogP contribution < -0.4 is 11.5 Å². The van der Waals surface area contributed by atoms with Crippen LogP contribution in [0.4, 0.5) is 5.69 Å². The Hall–Kier alpha value is -1.44. The van der Waals surface area contributed by atoms with Crippen LogP contribution in [-0.4, -0.2) is 0 Å². The molecule has 4 N–H and O–H groups in total. The van der Waals surface area contributed by atoms with E-state index in [-0.39, 0.29) is 0 Å². The first-order valence-corrected chi connectivity index (χ1v) is 4.96. The fraction of sp³-hybridized carbons (Fsp3) is 0.333. The molecule has 2 heteroatoms. The number of benzene rings is 1. The van der Waals surface area contributed by atoms with Gasteiger partial charge in [0.1, 0.15) is 0 Å². The molecule has 0 saturated carbocycles. The monoisotopic (exact) mass is 190 g/mol. The van der Waals surface area contributed by atoms with Crippen molar-refractivity contribution >= 4 is 11.8 Å². The summed E-state index contributed by atoms with van der Waals surface area (Å²) in [5, 5.41) is 0. The van der Waals surface area contributed by atoms with Gasteiger partial charge in [0.2, 0.25) is 0 Å². The van der Waals surface area contributed by atoms with E-state index in [1.54, 1.807) is 0 Å². The van der Waals surface area contributed by atoms with Crippen molar-refractivity contribution in [3.8, 4) is 0 Å². The first kappa shape index (κ1) is 10.6. The SMILES string of the molecule is CCC(C)c1ccc(N)c(/C=C\N)c1. The Labute approximate surface area is 85.6 Å². The summed E-state index contributed by atoms with van der Waals surface area (Å²) in [6.07, 6.45) is 4.49. The third-order valence-corrected chi connectivity index (χ3v) is 2.57. The summed E-state index contributed by atoms with van der Waals surface area (Å²) in [5.74, 6) is 0.570. The molecule has 0 radical (unpaired) electrons. The van der Waals surface area contributed by atoms with Crippen LogP contribution >= 0.6 is 0 Å². The minimum atomic E-state index is 0.570. The van der Waals surface area contributed by atoms with E-state index in [0.29, 0.717) is 5.92 Å². The van der Waals surface area contributed by atoms with Crippen molar-refractivity contribution in [1.82, 2.24) is 0 Å². The van der Waals surface area contributed by atoms with Crippen molar-refractivity contribution in [3.63, 3.8) is 0 Å². The maximum absolute atomic E-state index is 5.81. The topological polar surface area (TPSA) is 52.0 Å². The van der Waals surface area contributed by atoms with Crippen LogP contribution in [0.1, 0.15) is 37.3 Å². The van der Waals surface area contributed by atoms with Crippen molar-refractivity contribution in [2.24, 2.45) is 5.73 Å². The molecule has 0 saturated heterocycles. The zero-order valence-corrected chi connectivity index (χ0v) is 8.83. The number of nitrogens with two attached hydrogens (primary N) is 2. The minimum absolute atomic E-state index is 0.570. The molecular weight excluding hydrogens is 172 g/mol. The van der Waals surface area contributed by atoms with Crippen LogP contribution in [0.25, 0.3) is 6.08 Å². The molecule has 14 heavy (non-hydrogen) atoms. The fourth-order valence-corrected chi connectivity index (χ4v) is 1.38. The lowest BCUT2D eigenvalue weighted by molar-refractivity contribution is 0.733. The molecule has 1 atom stereocenters. The maximum Gasteiger partial charge on any atom is 0.0388 e. The van der Waals surface area contributed by atoms with Gasteiger partial charge in [0.05, 0.1) is 0 Å². The van der Waals surface area contributed by atoms with E-state index in [0.717, 1.165) is 17.7 Å². The number of hydrogen-bond acceptors (Lipinski definition) is 2. The molecule has 0 bridgehead atoms. The van der Waals surface area contributed by atoms with Gasteiger partial charge in [-0.2, -0.15) is 0 Å². The van der Waals surface area contributed by atoms with Gasteiger partial charge in [0, 0.05) is 5.69 Å². The second-order valence-corrected chi connectivity index (χ2v) is 3.56. The number of rotatable bonds is 3. The molecule has 76 valence electrons. The summed E-state index contributed by atoms with van der Waals surface area (Å²) in [5.41, 5.74) is 14.3. The number of nitrogen functional groups attached to an aromatic ring is 1. The van der Waals surface area contributed by atoms with E-state index < -0.39 is 0 Å². The van der Waals surface area contributed by atoms with E-state index in [4.69, 9.17) is 11.5 Å². The Morgan fingerprint density at radius 2 is 2.14 bits per heavy atom. The lowest BCUT2D eigenvalue weighted by Crippen LogP contribution is -1.95. The predicted octanol–water partition coefficient (Wildman–Crippen LogP) is 2.71. The Morgan fingerprint density at radius 1 is 1.43 bits per heavy atom. The van der Waals surface area contributed by atoms with Crippen LogP contribution in [0.15, 0.2) is 24.4 Å². The van der Waals surface area contributed by atoms with Gasteiger partial charge in [-0.25, -0.2) is 0 Å². The van der Waals surface area contributed by atoms with Crippen LogP contribution in [0, 0.1) is 0 Å². The largest absolute Gasteiger partial charge is 0.405 e. The molecule has 1 rings (SSSR count). The molecule has 1 unspecified atom stereocenters. The average molecular weight is 190 g/mol. The molecule has 2 nitrogen and oxygen atoms in total. The average Bonchev–Trinajstić information content (AvgIpc) is 2.20. The van der Waals surface area contributed by atoms with Crippen LogP contribution in [0.3, 0.4) is 0 Å². The summed E-state index contributed by atoms with van der Waals surface area (Å²) < 4.78 is 0. The van der Waals surface area contributed by atoms with Gasteiger partial charge in [0.15, 0.2) is 0 Å². The van der Waals surface area contributed by atoms with Crippen LogP contribution in [0.5, 0.6) is 0 Å². The van der Waals surface area contributed by atoms with Gasteiger partial charge in [0.25, 0.3) is 0 Å². The van der Waals surface area contributed by atoms with Gasteiger partial charge in [-0.3, -0.25) is 0 Å². The Balaban J connectivity index is 3.06. The summed E-state index contributed by atoms with van der Waals surface area (Å²) in [7, 11) is 0. The van der Waals surface area contributed by atoms with Gasteiger partial charge < -0.3 is 11.5 Å². The highest BCUT2D eigenvalue weighted by molar-refractivity contribution is 5.65. The normalized spacial score (nSPS) is 13.3. The van der Waals surface area contributed by atoms with E-state index in [2.05, 4.69) is 26.0 Å². The fourth-order valence-electron chi connectivity index (χ4n) is 1.38. The second kappa shape index (κ2) is 4.70. The van der Waals surface area contributed by atoms with Crippen molar-refractivity contribution < 1.29 is 0 Å². The molecule has 0 heterocycles. The highest BCUT2D eigenvalue weighted by Crippen LogP contribution is 2.23. The molecule has 0 aliphatic rings. The second-order valence-electron chi connectivity index (χ2n) is 3.56. The van der Waals surface area contributed by atoms with Gasteiger partial charge in [-0.15, -0.1) is 0 Å². The lowest BCUT2D eigenvalue weighted by Gasteiger charge is -2.10. The third-order valence-electron chi connectivity index (χ3n) is 2.57. The first-order chi connectivity index (χ1) is 6.69. The van der Waals surface area contributed by atoms with E-state index in [1.807, 2.05) is 12.1 Å². The third kappa shape index (κ3) is 2.28. The van der Waals surface area contributed by atoms with Gasteiger partial charge in [-0.05, 0) is 47.9 Å². The summed E-state index contributed by atoms with van der Waals surface area (Å²) in [4.78, 5) is 0. The lowest BCUT2D eigenvalue weighted by atomic mass is 9.96. The highest BCUT2D eigenvalue weighted by Gasteiger charge is 2.04. The number of hydrogen-bond donors (Lipinski definition) is 2. The van der Waals surface area contributed by atoms with Crippen molar-refractivity contribution in [1.29, 1.82) is 0 Å². The Kier molecular flexibility index (Phi) is 3.57. The summed E-state index contributed by atoms with van der Waals surface area (Å²) in [6.45, 7) is 4.39. The molecule has 0 amide bonds. The summed E-state index contributed by atoms with van der Waals surface area (Å²) in [6, 6.07) is 6.13. The van der Waals surface area contributed by atoms with Gasteiger partial charge >= 0.3 is 0 Å². The van der Waals surface area contributed by atoms with E-state index in [1.165, 1.54) is 11.8 Å². The van der Waals surface area contributed by atoms with Crippen LogP contribution in [-0.2, 0) is 0 Å². The van der Waals surface area contributed by atoms with Crippen molar-refractivity contribution in [2.45, 2.75) is 26.2 Å². The molecule has 0 fully saturated rings. The molecular formula is C12H18N2. The molecule has 0 spiro atoms. The molecule has 1 aromatic rings. The van der Waals surface area contributed by atoms with Crippen LogP contribution in [0.2, 0.25) is 0 Å². The molecule has 0 aliphatic heterocycles. The van der Waals surface area contributed by atoms with Crippen molar-refractivity contribution in [3.05, 3.63) is 35.5 Å². The van der Waals surface area contributed by atoms with E-state index in [9.17, 15) is 0 Å². The smallest absolute Gasteiger partial charge is 0.0388 e. The van der Waals surface area contributed by atoms with Crippen molar-refractivity contribution in [2.75, 3.05) is 5.73 Å². The predicted molar refractivity (Wildman–Crippen MR) is 62.8 cm³/mol. The zero-order valence-electron chi connectivity index (χ0n) is 8.83. The standard InChI is InChI=1S/C12H18N2/c1-3-9(2)10-4-5-12(14)11(8-10)6-7-13/h4-9H,3,13-14H2,1-2H3/b7-6-. The molecule has 1 aromatic carbocycles. The number of anilines is 1. The highest BCUT2D eigenvalue weighted by atomic mass is 14.6.